The van der Waals surface area contributed by atoms with Gasteiger partial charge in [-0.15, -0.1) is 6.42 Å². The van der Waals surface area contributed by atoms with Crippen LogP contribution in [0.15, 0.2) is 24.3 Å². The summed E-state index contributed by atoms with van der Waals surface area (Å²) in [6, 6.07) is 0. The van der Waals surface area contributed by atoms with Crippen molar-refractivity contribution >= 4 is 5.71 Å². The highest BCUT2D eigenvalue weighted by Gasteiger charge is 1.77. The molecule has 0 radical (unpaired) electrons. The van der Waals surface area contributed by atoms with Crippen molar-refractivity contribution in [3.63, 3.8) is 0 Å². The Hall–Kier alpha value is -1.29. The molecular weight excluding hydrogens is 110 g/mol. The van der Waals surface area contributed by atoms with Gasteiger partial charge in [-0.25, -0.2) is 0 Å². The number of hydrogen-bond donors (Lipinski definition) is 1. The van der Waals surface area contributed by atoms with E-state index in [0.29, 0.717) is 11.3 Å². The van der Waals surface area contributed by atoms with Crippen molar-refractivity contribution in [2.45, 2.75) is 6.92 Å². The standard InChI is InChI=1S/C8H9N/c1-4-7(2)5-6-8(3)9/h1,5-6,9H,2H2,3H3/b6-5-,9-8?. The fourth-order valence-corrected chi connectivity index (χ4v) is 0.274. The minimum Gasteiger partial charge on any atom is -0.306 e. The van der Waals surface area contributed by atoms with Crippen LogP contribution in [0.2, 0.25) is 0 Å². The first-order chi connectivity index (χ1) is 4.16. The van der Waals surface area contributed by atoms with Gasteiger partial charge in [0.1, 0.15) is 0 Å². The van der Waals surface area contributed by atoms with E-state index in [0.717, 1.165) is 0 Å². The highest BCUT2D eigenvalue weighted by Crippen LogP contribution is 1.88. The Morgan fingerprint density at radius 2 is 2.22 bits per heavy atom. The van der Waals surface area contributed by atoms with Crippen LogP contribution >= 0.6 is 0 Å². The summed E-state index contributed by atoms with van der Waals surface area (Å²) >= 11 is 0. The number of terminal acetylenes is 1. The van der Waals surface area contributed by atoms with E-state index in [2.05, 4.69) is 12.5 Å². The van der Waals surface area contributed by atoms with E-state index >= 15 is 0 Å². The van der Waals surface area contributed by atoms with E-state index < -0.39 is 0 Å². The van der Waals surface area contributed by atoms with E-state index in [1.54, 1.807) is 19.1 Å². The summed E-state index contributed by atoms with van der Waals surface area (Å²) in [5.74, 6) is 2.34. The monoisotopic (exact) mass is 119 g/mol. The molecular formula is C8H9N. The molecule has 1 nitrogen and oxygen atoms in total. The van der Waals surface area contributed by atoms with Crippen molar-refractivity contribution in [3.05, 3.63) is 24.3 Å². The predicted octanol–water partition coefficient (Wildman–Crippen LogP) is 1.77. The maximum absolute atomic E-state index is 6.97. The van der Waals surface area contributed by atoms with E-state index in [9.17, 15) is 0 Å². The van der Waals surface area contributed by atoms with Gasteiger partial charge >= 0.3 is 0 Å². The normalized spacial score (nSPS) is 8.89. The van der Waals surface area contributed by atoms with Crippen molar-refractivity contribution in [2.75, 3.05) is 0 Å². The third-order valence-corrected chi connectivity index (χ3v) is 0.720. The third-order valence-electron chi connectivity index (χ3n) is 0.720. The topological polar surface area (TPSA) is 23.9 Å². The van der Waals surface area contributed by atoms with Crippen LogP contribution in [0.1, 0.15) is 6.92 Å². The van der Waals surface area contributed by atoms with Gasteiger partial charge in [-0.2, -0.15) is 0 Å². The van der Waals surface area contributed by atoms with Gasteiger partial charge in [0, 0.05) is 11.3 Å². The van der Waals surface area contributed by atoms with Crippen molar-refractivity contribution in [2.24, 2.45) is 0 Å². The van der Waals surface area contributed by atoms with Gasteiger partial charge in [-0.3, -0.25) is 0 Å². The molecule has 0 aliphatic heterocycles. The predicted molar refractivity (Wildman–Crippen MR) is 40.5 cm³/mol. The number of rotatable bonds is 2. The van der Waals surface area contributed by atoms with Gasteiger partial charge in [0.25, 0.3) is 0 Å². The Kier molecular flexibility index (Phi) is 3.15. The lowest BCUT2D eigenvalue weighted by Crippen LogP contribution is -1.77. The molecule has 9 heavy (non-hydrogen) atoms. The van der Waals surface area contributed by atoms with Crippen LogP contribution in [-0.2, 0) is 0 Å². The van der Waals surface area contributed by atoms with Gasteiger partial charge in [0.05, 0.1) is 0 Å². The Morgan fingerprint density at radius 1 is 1.67 bits per heavy atom. The summed E-state index contributed by atoms with van der Waals surface area (Å²) in [6.07, 6.45) is 8.24. The Morgan fingerprint density at radius 3 is 2.56 bits per heavy atom. The second-order valence-corrected chi connectivity index (χ2v) is 1.69. The van der Waals surface area contributed by atoms with Crippen molar-refractivity contribution in [1.29, 1.82) is 5.41 Å². The summed E-state index contributed by atoms with van der Waals surface area (Å²) in [6.45, 7) is 5.21. The fourth-order valence-electron chi connectivity index (χ4n) is 0.274. The quantitative estimate of drug-likeness (QED) is 0.325. The van der Waals surface area contributed by atoms with Crippen LogP contribution < -0.4 is 0 Å². The molecule has 0 bridgehead atoms. The number of allylic oxidation sites excluding steroid dienone is 3. The van der Waals surface area contributed by atoms with Gasteiger partial charge < -0.3 is 5.41 Å². The summed E-state index contributed by atoms with van der Waals surface area (Å²) in [5, 5.41) is 6.97. The molecule has 1 N–H and O–H groups in total. The highest BCUT2D eigenvalue weighted by molar-refractivity contribution is 5.90. The van der Waals surface area contributed by atoms with E-state index in [4.69, 9.17) is 11.8 Å². The first-order valence-corrected chi connectivity index (χ1v) is 2.55. The molecule has 0 atom stereocenters. The molecule has 0 unspecified atom stereocenters. The van der Waals surface area contributed by atoms with Crippen molar-refractivity contribution < 1.29 is 0 Å². The zero-order valence-electron chi connectivity index (χ0n) is 5.44. The Bertz CT molecular complexity index is 191. The van der Waals surface area contributed by atoms with E-state index in [1.807, 2.05) is 0 Å². The number of hydrogen-bond acceptors (Lipinski definition) is 1. The molecule has 0 aromatic heterocycles. The van der Waals surface area contributed by atoms with E-state index in [1.165, 1.54) is 0 Å². The molecule has 0 saturated heterocycles. The fraction of sp³-hybridized carbons (Fsp3) is 0.125. The molecule has 0 aliphatic carbocycles. The molecule has 0 aliphatic rings. The van der Waals surface area contributed by atoms with Crippen molar-refractivity contribution in [1.82, 2.24) is 0 Å². The summed E-state index contributed by atoms with van der Waals surface area (Å²) in [7, 11) is 0. The summed E-state index contributed by atoms with van der Waals surface area (Å²) in [4.78, 5) is 0. The molecule has 1 heteroatoms. The lowest BCUT2D eigenvalue weighted by atomic mass is 10.2. The van der Waals surface area contributed by atoms with Gasteiger partial charge in [-0.05, 0) is 19.1 Å². The minimum atomic E-state index is 0.478. The summed E-state index contributed by atoms with van der Waals surface area (Å²) in [5.41, 5.74) is 1.08. The maximum atomic E-state index is 6.97. The Balaban J connectivity index is 3.90. The average Bonchev–Trinajstić information content (AvgIpc) is 1.83. The average molecular weight is 119 g/mol. The summed E-state index contributed by atoms with van der Waals surface area (Å²) < 4.78 is 0. The molecule has 0 rings (SSSR count). The second kappa shape index (κ2) is 3.68. The lowest BCUT2D eigenvalue weighted by molar-refractivity contribution is 1.50. The van der Waals surface area contributed by atoms with Crippen LogP contribution in [-0.4, -0.2) is 5.71 Å². The van der Waals surface area contributed by atoms with Crippen LogP contribution in [0.25, 0.3) is 0 Å². The second-order valence-electron chi connectivity index (χ2n) is 1.69. The van der Waals surface area contributed by atoms with Crippen molar-refractivity contribution in [3.8, 4) is 12.3 Å². The van der Waals surface area contributed by atoms with Gasteiger partial charge in [0.2, 0.25) is 0 Å². The van der Waals surface area contributed by atoms with Crippen LogP contribution in [0.4, 0.5) is 0 Å². The molecule has 46 valence electrons. The third kappa shape index (κ3) is 4.57. The molecule has 0 aromatic carbocycles. The zero-order chi connectivity index (χ0) is 7.28. The Labute approximate surface area is 55.6 Å². The van der Waals surface area contributed by atoms with E-state index in [-0.39, 0.29) is 0 Å². The van der Waals surface area contributed by atoms with Crippen LogP contribution in [0.3, 0.4) is 0 Å². The molecule has 0 amide bonds. The molecule has 0 heterocycles. The SMILES string of the molecule is C#CC(=C)/C=C\C(C)=N. The maximum Gasteiger partial charge on any atom is 0.0283 e. The minimum absolute atomic E-state index is 0.478. The highest BCUT2D eigenvalue weighted by atomic mass is 14.4. The molecule has 0 fully saturated rings. The first-order valence-electron chi connectivity index (χ1n) is 2.55. The molecule has 0 aromatic rings. The van der Waals surface area contributed by atoms with Gasteiger partial charge in [0.15, 0.2) is 0 Å². The van der Waals surface area contributed by atoms with Gasteiger partial charge in [-0.1, -0.05) is 12.5 Å². The van der Waals surface area contributed by atoms with Crippen LogP contribution in [0.5, 0.6) is 0 Å². The smallest absolute Gasteiger partial charge is 0.0283 e. The molecule has 0 spiro atoms. The zero-order valence-corrected chi connectivity index (χ0v) is 5.44. The lowest BCUT2D eigenvalue weighted by Gasteiger charge is -1.82. The largest absolute Gasteiger partial charge is 0.306 e. The molecule has 0 saturated carbocycles. The van der Waals surface area contributed by atoms with Crippen LogP contribution in [0, 0.1) is 17.8 Å². The first kappa shape index (κ1) is 7.71. The number of nitrogens with one attached hydrogen (secondary N) is 1.